The highest BCUT2D eigenvalue weighted by molar-refractivity contribution is 5.78. The Kier molecular flexibility index (Phi) is 16.9. The zero-order valence-corrected chi connectivity index (χ0v) is 20.1. The van der Waals surface area contributed by atoms with Crippen LogP contribution in [0.25, 0.3) is 0 Å². The van der Waals surface area contributed by atoms with Gasteiger partial charge in [-0.3, -0.25) is 4.79 Å². The molecule has 0 aromatic rings. The SMILES string of the molecule is CC(C)(C)CCCCC(=O)CCOCCOCCOCCOCCCC(C)(C)C. The van der Waals surface area contributed by atoms with E-state index in [1.54, 1.807) is 0 Å². The van der Waals surface area contributed by atoms with E-state index in [1.807, 2.05) is 0 Å². The van der Waals surface area contributed by atoms with Crippen LogP contribution in [0, 0.1) is 10.8 Å². The molecule has 0 amide bonds. The number of hydrogen-bond donors (Lipinski definition) is 0. The zero-order valence-electron chi connectivity index (χ0n) is 20.1. The second kappa shape index (κ2) is 17.2. The molecule has 0 rings (SSSR count). The van der Waals surface area contributed by atoms with Crippen LogP contribution in [0.4, 0.5) is 0 Å². The van der Waals surface area contributed by atoms with Crippen molar-refractivity contribution < 1.29 is 23.7 Å². The van der Waals surface area contributed by atoms with E-state index in [1.165, 1.54) is 12.8 Å². The summed E-state index contributed by atoms with van der Waals surface area (Å²) in [7, 11) is 0. The van der Waals surface area contributed by atoms with Crippen LogP contribution in [-0.4, -0.2) is 58.6 Å². The predicted octanol–water partition coefficient (Wildman–Crippen LogP) is 5.44. The Morgan fingerprint density at radius 2 is 0.931 bits per heavy atom. The molecule has 0 radical (unpaired) electrons. The van der Waals surface area contributed by atoms with E-state index < -0.39 is 0 Å². The first-order valence-corrected chi connectivity index (χ1v) is 11.4. The van der Waals surface area contributed by atoms with Crippen LogP contribution in [0.2, 0.25) is 0 Å². The van der Waals surface area contributed by atoms with E-state index in [9.17, 15) is 4.79 Å². The van der Waals surface area contributed by atoms with Crippen LogP contribution in [0.1, 0.15) is 86.5 Å². The number of carbonyl (C=O) groups is 1. The fraction of sp³-hybridized carbons (Fsp3) is 0.958. The minimum absolute atomic E-state index is 0.300. The van der Waals surface area contributed by atoms with Crippen molar-refractivity contribution in [1.82, 2.24) is 0 Å². The summed E-state index contributed by atoms with van der Waals surface area (Å²) in [5, 5.41) is 0. The molecule has 0 heterocycles. The number of unbranched alkanes of at least 4 members (excludes halogenated alkanes) is 1. The molecule has 0 unspecified atom stereocenters. The van der Waals surface area contributed by atoms with Gasteiger partial charge >= 0.3 is 0 Å². The Labute approximate surface area is 180 Å². The van der Waals surface area contributed by atoms with E-state index in [-0.39, 0.29) is 0 Å². The zero-order chi connectivity index (χ0) is 22.0. The van der Waals surface area contributed by atoms with Crippen LogP contribution in [0.3, 0.4) is 0 Å². The molecule has 29 heavy (non-hydrogen) atoms. The Balaban J connectivity index is 3.21. The fourth-order valence-corrected chi connectivity index (χ4v) is 2.75. The van der Waals surface area contributed by atoms with Crippen LogP contribution >= 0.6 is 0 Å². The second-order valence-corrected chi connectivity index (χ2v) is 10.2. The quantitative estimate of drug-likeness (QED) is 0.262. The molecule has 0 N–H and O–H groups in total. The van der Waals surface area contributed by atoms with Crippen molar-refractivity contribution in [2.24, 2.45) is 10.8 Å². The second-order valence-electron chi connectivity index (χ2n) is 10.2. The monoisotopic (exact) mass is 416 g/mol. The number of hydrogen-bond acceptors (Lipinski definition) is 5. The van der Waals surface area contributed by atoms with E-state index in [2.05, 4.69) is 41.5 Å². The first-order chi connectivity index (χ1) is 13.6. The van der Waals surface area contributed by atoms with Crippen LogP contribution in [0.5, 0.6) is 0 Å². The molecule has 0 atom stereocenters. The molecular weight excluding hydrogens is 368 g/mol. The van der Waals surface area contributed by atoms with Crippen molar-refractivity contribution in [2.75, 3.05) is 52.9 Å². The van der Waals surface area contributed by atoms with Crippen molar-refractivity contribution in [3.8, 4) is 0 Å². The van der Waals surface area contributed by atoms with E-state index >= 15 is 0 Å². The van der Waals surface area contributed by atoms with Crippen molar-refractivity contribution in [2.45, 2.75) is 86.5 Å². The van der Waals surface area contributed by atoms with Crippen LogP contribution in [0.15, 0.2) is 0 Å². The number of Topliss-reactive ketones (excluding diaryl/α,β-unsaturated/α-hetero) is 1. The van der Waals surface area contributed by atoms with Gasteiger partial charge in [-0.1, -0.05) is 48.0 Å². The van der Waals surface area contributed by atoms with Crippen molar-refractivity contribution in [3.05, 3.63) is 0 Å². The summed E-state index contributed by atoms with van der Waals surface area (Å²) < 4.78 is 21.9. The van der Waals surface area contributed by atoms with Crippen molar-refractivity contribution in [1.29, 1.82) is 0 Å². The number of carbonyl (C=O) groups excluding carboxylic acids is 1. The maximum Gasteiger partial charge on any atom is 0.135 e. The number of ether oxygens (including phenoxy) is 4. The molecule has 0 saturated heterocycles. The molecule has 5 heteroatoms. The molecule has 0 aliphatic carbocycles. The highest BCUT2D eigenvalue weighted by Gasteiger charge is 2.10. The van der Waals surface area contributed by atoms with Crippen molar-refractivity contribution >= 4 is 5.78 Å². The third-order valence-electron chi connectivity index (χ3n) is 4.49. The van der Waals surface area contributed by atoms with Crippen molar-refractivity contribution in [3.63, 3.8) is 0 Å². The van der Waals surface area contributed by atoms with E-state index in [0.29, 0.717) is 75.7 Å². The largest absolute Gasteiger partial charge is 0.379 e. The normalized spacial score (nSPS) is 12.5. The van der Waals surface area contributed by atoms with Gasteiger partial charge in [0.2, 0.25) is 0 Å². The van der Waals surface area contributed by atoms with E-state index in [0.717, 1.165) is 25.9 Å². The number of rotatable bonds is 19. The molecule has 0 bridgehead atoms. The first kappa shape index (κ1) is 28.5. The van der Waals surface area contributed by atoms with Gasteiger partial charge in [-0.25, -0.2) is 0 Å². The molecule has 0 fully saturated rings. The van der Waals surface area contributed by atoms with Gasteiger partial charge in [0.1, 0.15) is 5.78 Å². The molecular formula is C24H48O5. The summed E-state index contributed by atoms with van der Waals surface area (Å²) in [6, 6.07) is 0. The Bertz CT molecular complexity index is 382. The van der Waals surface area contributed by atoms with E-state index in [4.69, 9.17) is 18.9 Å². The maximum atomic E-state index is 11.8. The molecule has 0 aromatic carbocycles. The highest BCUT2D eigenvalue weighted by atomic mass is 16.6. The smallest absolute Gasteiger partial charge is 0.135 e. The summed E-state index contributed by atoms with van der Waals surface area (Å²) in [5.74, 6) is 0.300. The minimum atomic E-state index is 0.300. The molecule has 5 nitrogen and oxygen atoms in total. The van der Waals surface area contributed by atoms with Gasteiger partial charge in [-0.15, -0.1) is 0 Å². The molecule has 0 aliphatic rings. The summed E-state index contributed by atoms with van der Waals surface area (Å²) in [6.45, 7) is 18.2. The van der Waals surface area contributed by atoms with Crippen LogP contribution < -0.4 is 0 Å². The predicted molar refractivity (Wildman–Crippen MR) is 120 cm³/mol. The standard InChI is InChI=1S/C24H48O5/c1-23(2,3)12-8-7-10-22(25)11-15-27-17-19-29-21-20-28-18-16-26-14-9-13-24(4,5)6/h7-21H2,1-6H3. The minimum Gasteiger partial charge on any atom is -0.379 e. The fourth-order valence-electron chi connectivity index (χ4n) is 2.75. The average Bonchev–Trinajstić information content (AvgIpc) is 2.60. The summed E-state index contributed by atoms with van der Waals surface area (Å²) in [6.07, 6.45) is 6.73. The lowest BCUT2D eigenvalue weighted by atomic mass is 9.89. The Hall–Kier alpha value is -0.490. The summed E-state index contributed by atoms with van der Waals surface area (Å²) in [4.78, 5) is 11.8. The lowest BCUT2D eigenvalue weighted by molar-refractivity contribution is -0.120. The lowest BCUT2D eigenvalue weighted by Gasteiger charge is -2.17. The summed E-state index contributed by atoms with van der Waals surface area (Å²) in [5.41, 5.74) is 0.735. The van der Waals surface area contributed by atoms with Gasteiger partial charge in [-0.2, -0.15) is 0 Å². The first-order valence-electron chi connectivity index (χ1n) is 11.4. The molecule has 0 saturated carbocycles. The average molecular weight is 417 g/mol. The number of ketones is 1. The highest BCUT2D eigenvalue weighted by Crippen LogP contribution is 2.22. The van der Waals surface area contributed by atoms with Gasteiger partial charge in [0.05, 0.1) is 46.2 Å². The molecule has 0 aromatic heterocycles. The van der Waals surface area contributed by atoms with Gasteiger partial charge in [0, 0.05) is 19.4 Å². The Morgan fingerprint density at radius 1 is 0.517 bits per heavy atom. The van der Waals surface area contributed by atoms with Crippen LogP contribution in [-0.2, 0) is 23.7 Å². The maximum absolute atomic E-state index is 11.8. The van der Waals surface area contributed by atoms with Gasteiger partial charge < -0.3 is 18.9 Å². The molecule has 174 valence electrons. The molecule has 0 aliphatic heterocycles. The third kappa shape index (κ3) is 25.5. The molecule has 0 spiro atoms. The summed E-state index contributed by atoms with van der Waals surface area (Å²) >= 11 is 0. The van der Waals surface area contributed by atoms with Gasteiger partial charge in [0.15, 0.2) is 0 Å². The lowest BCUT2D eigenvalue weighted by Crippen LogP contribution is -2.13. The van der Waals surface area contributed by atoms with Gasteiger partial charge in [-0.05, 0) is 36.5 Å². The van der Waals surface area contributed by atoms with Gasteiger partial charge in [0.25, 0.3) is 0 Å². The third-order valence-corrected chi connectivity index (χ3v) is 4.49. The topological polar surface area (TPSA) is 54.0 Å². The Morgan fingerprint density at radius 3 is 1.41 bits per heavy atom.